The molecule has 1 saturated carbocycles. The molecule has 0 spiro atoms. The summed E-state index contributed by atoms with van der Waals surface area (Å²) in [4.78, 5) is 9.65. The van der Waals surface area contributed by atoms with Gasteiger partial charge in [-0.1, -0.05) is 6.07 Å². The molecule has 1 fully saturated rings. The highest BCUT2D eigenvalue weighted by Crippen LogP contribution is 2.32. The van der Waals surface area contributed by atoms with E-state index in [1.54, 1.807) is 0 Å². The maximum atomic E-state index is 13.9. The van der Waals surface area contributed by atoms with Crippen LogP contribution in [0.25, 0.3) is 0 Å². The van der Waals surface area contributed by atoms with Crippen molar-refractivity contribution in [1.29, 1.82) is 0 Å². The number of benzene rings is 1. The predicted molar refractivity (Wildman–Crippen MR) is 76.8 cm³/mol. The Labute approximate surface area is 140 Å². The maximum absolute atomic E-state index is 13.9. The van der Waals surface area contributed by atoms with Gasteiger partial charge in [0, 0.05) is 6.04 Å². The van der Waals surface area contributed by atoms with E-state index < -0.39 is 50.8 Å². The number of alkyl halides is 3. The molecule has 0 saturated heterocycles. The van der Waals surface area contributed by atoms with Gasteiger partial charge in [-0.2, -0.15) is 0 Å². The summed E-state index contributed by atoms with van der Waals surface area (Å²) in [5.74, 6) is -4.14. The van der Waals surface area contributed by atoms with E-state index in [0.717, 1.165) is 6.07 Å². The molecule has 1 aliphatic carbocycles. The second-order valence-electron chi connectivity index (χ2n) is 5.62. The number of hydrogen-bond acceptors (Lipinski definition) is 4. The first-order chi connectivity index (χ1) is 11.5. The average Bonchev–Trinajstić information content (AvgIpc) is 2.45. The van der Waals surface area contributed by atoms with Crippen LogP contribution in [0.4, 0.5) is 17.6 Å². The molecule has 1 aromatic rings. The van der Waals surface area contributed by atoms with Crippen molar-refractivity contribution in [1.82, 2.24) is 4.72 Å². The van der Waals surface area contributed by atoms with Crippen molar-refractivity contribution in [3.8, 4) is 5.75 Å². The predicted octanol–water partition coefficient (Wildman–Crippen LogP) is 2.65. The summed E-state index contributed by atoms with van der Waals surface area (Å²) in [6.07, 6.45) is -4.39. The zero-order valence-electron chi connectivity index (χ0n) is 12.7. The number of aliphatic carboxylic acids is 1. The van der Waals surface area contributed by atoms with Crippen LogP contribution in [0.5, 0.6) is 5.75 Å². The average molecular weight is 385 g/mol. The minimum atomic E-state index is -5.18. The van der Waals surface area contributed by atoms with E-state index in [2.05, 4.69) is 9.46 Å². The summed E-state index contributed by atoms with van der Waals surface area (Å²) in [6.45, 7) is 0. The van der Waals surface area contributed by atoms with Crippen molar-refractivity contribution >= 4 is 16.0 Å². The number of sulfonamides is 1. The van der Waals surface area contributed by atoms with Crippen molar-refractivity contribution in [3.63, 3.8) is 0 Å². The molecule has 0 unspecified atom stereocenters. The monoisotopic (exact) mass is 385 g/mol. The summed E-state index contributed by atoms with van der Waals surface area (Å²) in [6, 6.07) is 1.61. The largest absolute Gasteiger partial charge is 0.573 e. The molecule has 0 bridgehead atoms. The number of rotatable bonds is 5. The lowest BCUT2D eigenvalue weighted by Crippen LogP contribution is -2.39. The summed E-state index contributed by atoms with van der Waals surface area (Å²) in [5.41, 5.74) is 0. The van der Waals surface area contributed by atoms with E-state index in [0.29, 0.717) is 12.1 Å². The van der Waals surface area contributed by atoms with Gasteiger partial charge in [0.25, 0.3) is 0 Å². The molecule has 0 radical (unpaired) electrons. The molecule has 6 nitrogen and oxygen atoms in total. The van der Waals surface area contributed by atoms with Crippen molar-refractivity contribution in [3.05, 3.63) is 24.0 Å². The Morgan fingerprint density at radius 2 is 1.80 bits per heavy atom. The fraction of sp³-hybridized carbons (Fsp3) is 0.500. The third kappa shape index (κ3) is 5.05. The molecule has 0 aromatic heterocycles. The van der Waals surface area contributed by atoms with Gasteiger partial charge in [0.2, 0.25) is 10.0 Å². The van der Waals surface area contributed by atoms with Gasteiger partial charge in [-0.05, 0) is 37.8 Å². The normalized spacial score (nSPS) is 21.8. The third-order valence-electron chi connectivity index (χ3n) is 3.82. The standard InChI is InChI=1S/C14H15F4NO5S/c15-10-2-1-3-11(24-14(16,17)18)12(10)25(22,23)19-9-6-4-8(5-7-9)13(20)21/h1-3,8-9,19H,4-7H2,(H,20,21). The van der Waals surface area contributed by atoms with E-state index in [1.165, 1.54) is 0 Å². The minimum Gasteiger partial charge on any atom is -0.481 e. The molecule has 0 heterocycles. The van der Waals surface area contributed by atoms with Crippen LogP contribution in [-0.4, -0.2) is 31.9 Å². The molecular formula is C14H15F4NO5S. The summed E-state index contributed by atoms with van der Waals surface area (Å²) < 4.78 is 81.5. The van der Waals surface area contributed by atoms with Gasteiger partial charge >= 0.3 is 12.3 Å². The second kappa shape index (κ2) is 7.16. The fourth-order valence-corrected chi connectivity index (χ4v) is 4.18. The van der Waals surface area contributed by atoms with Crippen molar-refractivity contribution in [2.45, 2.75) is 43.0 Å². The highest BCUT2D eigenvalue weighted by molar-refractivity contribution is 7.89. The Bertz CT molecular complexity index is 742. The SMILES string of the molecule is O=C(O)C1CCC(NS(=O)(=O)c2c(F)cccc2OC(F)(F)F)CC1. The molecule has 2 N–H and O–H groups in total. The molecule has 25 heavy (non-hydrogen) atoms. The first-order valence-electron chi connectivity index (χ1n) is 7.29. The van der Waals surface area contributed by atoms with Gasteiger partial charge in [-0.3, -0.25) is 4.79 Å². The Morgan fingerprint density at radius 1 is 1.20 bits per heavy atom. The molecule has 11 heteroatoms. The molecule has 1 aromatic carbocycles. The van der Waals surface area contributed by atoms with Crippen molar-refractivity contribution in [2.24, 2.45) is 5.92 Å². The van der Waals surface area contributed by atoms with E-state index in [9.17, 15) is 30.8 Å². The maximum Gasteiger partial charge on any atom is 0.573 e. The molecule has 140 valence electrons. The molecular weight excluding hydrogens is 370 g/mol. The summed E-state index contributed by atoms with van der Waals surface area (Å²) >= 11 is 0. The molecule has 0 aliphatic heterocycles. The number of nitrogens with one attached hydrogen (secondary N) is 1. The number of carboxylic acid groups (broad SMARTS) is 1. The Balaban J connectivity index is 2.21. The fourth-order valence-electron chi connectivity index (χ4n) is 2.69. The van der Waals surface area contributed by atoms with E-state index in [4.69, 9.17) is 5.11 Å². The van der Waals surface area contributed by atoms with Crippen LogP contribution in [0, 0.1) is 11.7 Å². The number of carbonyl (C=O) groups is 1. The number of hydrogen-bond donors (Lipinski definition) is 2. The Hall–Kier alpha value is -1.88. The van der Waals surface area contributed by atoms with Crippen LogP contribution in [0.1, 0.15) is 25.7 Å². The van der Waals surface area contributed by atoms with E-state index in [1.807, 2.05) is 0 Å². The van der Waals surface area contributed by atoms with Crippen molar-refractivity contribution < 1.29 is 40.6 Å². The third-order valence-corrected chi connectivity index (χ3v) is 5.40. The van der Waals surface area contributed by atoms with Gasteiger partial charge in [-0.15, -0.1) is 13.2 Å². The second-order valence-corrected chi connectivity index (χ2v) is 7.27. The smallest absolute Gasteiger partial charge is 0.481 e. The molecule has 1 aliphatic rings. The lowest BCUT2D eigenvalue weighted by molar-refractivity contribution is -0.275. The van der Waals surface area contributed by atoms with Crippen LogP contribution in [0.3, 0.4) is 0 Å². The molecule has 2 rings (SSSR count). The van der Waals surface area contributed by atoms with Gasteiger partial charge in [0.1, 0.15) is 5.82 Å². The summed E-state index contributed by atoms with van der Waals surface area (Å²) in [7, 11) is -4.63. The van der Waals surface area contributed by atoms with Crippen LogP contribution >= 0.6 is 0 Å². The van der Waals surface area contributed by atoms with Gasteiger partial charge in [0.15, 0.2) is 10.6 Å². The quantitative estimate of drug-likeness (QED) is 0.761. The van der Waals surface area contributed by atoms with Crippen LogP contribution in [0.2, 0.25) is 0 Å². The van der Waals surface area contributed by atoms with Crippen molar-refractivity contribution in [2.75, 3.05) is 0 Å². The number of halogens is 4. The van der Waals surface area contributed by atoms with E-state index in [-0.39, 0.29) is 25.7 Å². The van der Waals surface area contributed by atoms with Gasteiger partial charge in [-0.25, -0.2) is 17.5 Å². The highest BCUT2D eigenvalue weighted by Gasteiger charge is 2.36. The van der Waals surface area contributed by atoms with Gasteiger partial charge < -0.3 is 9.84 Å². The van der Waals surface area contributed by atoms with Crippen LogP contribution in [0.15, 0.2) is 23.1 Å². The Morgan fingerprint density at radius 3 is 2.32 bits per heavy atom. The summed E-state index contributed by atoms with van der Waals surface area (Å²) in [5, 5.41) is 8.90. The van der Waals surface area contributed by atoms with Crippen LogP contribution in [-0.2, 0) is 14.8 Å². The minimum absolute atomic E-state index is 0.181. The Kier molecular flexibility index (Phi) is 5.57. The first-order valence-corrected chi connectivity index (χ1v) is 8.77. The molecule has 0 amide bonds. The zero-order valence-corrected chi connectivity index (χ0v) is 13.5. The van der Waals surface area contributed by atoms with Crippen LogP contribution < -0.4 is 9.46 Å². The zero-order chi connectivity index (χ0) is 18.8. The topological polar surface area (TPSA) is 92.7 Å². The van der Waals surface area contributed by atoms with Gasteiger partial charge in [0.05, 0.1) is 5.92 Å². The van der Waals surface area contributed by atoms with E-state index >= 15 is 0 Å². The number of ether oxygens (including phenoxy) is 1. The molecule has 0 atom stereocenters. The number of carboxylic acids is 1. The lowest BCUT2D eigenvalue weighted by Gasteiger charge is -2.27. The lowest BCUT2D eigenvalue weighted by atomic mass is 9.87. The highest BCUT2D eigenvalue weighted by atomic mass is 32.2. The first kappa shape index (κ1) is 19.4.